The van der Waals surface area contributed by atoms with Crippen LogP contribution in [0, 0.1) is 0 Å². The van der Waals surface area contributed by atoms with Crippen molar-refractivity contribution in [2.75, 3.05) is 13.7 Å². The van der Waals surface area contributed by atoms with E-state index in [9.17, 15) is 4.79 Å². The molecule has 92 valence electrons. The van der Waals surface area contributed by atoms with Crippen molar-refractivity contribution in [2.24, 2.45) is 0 Å². The fourth-order valence-corrected chi connectivity index (χ4v) is 1.59. The first-order valence-electron chi connectivity index (χ1n) is 5.76. The lowest BCUT2D eigenvalue weighted by Crippen LogP contribution is -2.30. The van der Waals surface area contributed by atoms with E-state index < -0.39 is 0 Å². The molecule has 0 fully saturated rings. The second-order valence-electron chi connectivity index (χ2n) is 3.75. The normalized spacial score (nSPS) is 11.8. The number of unbranched alkanes of at least 4 members (excludes halogenated alkanes) is 1. The van der Waals surface area contributed by atoms with E-state index in [2.05, 4.69) is 11.9 Å². The number of carbonyl (C=O) groups is 1. The van der Waals surface area contributed by atoms with Gasteiger partial charge in [0.25, 0.3) is 0 Å². The molecule has 1 aromatic carbocycles. The van der Waals surface area contributed by atoms with Gasteiger partial charge in [-0.1, -0.05) is 36.4 Å². The number of hydrogen-bond donors (Lipinski definition) is 1. The molecule has 1 rings (SSSR count). The second-order valence-corrected chi connectivity index (χ2v) is 3.75. The van der Waals surface area contributed by atoms with Gasteiger partial charge in [0.15, 0.2) is 0 Å². The van der Waals surface area contributed by atoms with Gasteiger partial charge in [-0.3, -0.25) is 0 Å². The summed E-state index contributed by atoms with van der Waals surface area (Å²) < 4.78 is 4.80. The Bertz CT molecular complexity index is 348. The molecule has 0 aliphatic carbocycles. The van der Waals surface area contributed by atoms with Crippen LogP contribution in [-0.4, -0.2) is 19.6 Å². The van der Waals surface area contributed by atoms with Crippen LogP contribution in [-0.2, 0) is 9.53 Å². The van der Waals surface area contributed by atoms with E-state index >= 15 is 0 Å². The van der Waals surface area contributed by atoms with E-state index in [4.69, 9.17) is 4.74 Å². The highest BCUT2D eigenvalue weighted by molar-refractivity contribution is 5.77. The van der Waals surface area contributed by atoms with E-state index in [-0.39, 0.29) is 12.0 Å². The maximum absolute atomic E-state index is 11.7. The highest BCUT2D eigenvalue weighted by atomic mass is 16.5. The Kier molecular flexibility index (Phi) is 6.04. The Labute approximate surface area is 102 Å². The quantitative estimate of drug-likeness (QED) is 0.446. The fourth-order valence-electron chi connectivity index (χ4n) is 1.59. The van der Waals surface area contributed by atoms with Crippen molar-refractivity contribution in [3.63, 3.8) is 0 Å². The summed E-state index contributed by atoms with van der Waals surface area (Å²) in [6.45, 7) is 4.43. The summed E-state index contributed by atoms with van der Waals surface area (Å²) in [5.74, 6) is -0.255. The van der Waals surface area contributed by atoms with Crippen LogP contribution in [0.3, 0.4) is 0 Å². The monoisotopic (exact) mass is 233 g/mol. The van der Waals surface area contributed by atoms with Crippen LogP contribution >= 0.6 is 0 Å². The number of benzene rings is 1. The number of nitrogens with one attached hydrogen (secondary N) is 1. The third-order valence-electron chi connectivity index (χ3n) is 2.50. The zero-order valence-corrected chi connectivity index (χ0v) is 10.2. The first kappa shape index (κ1) is 13.5. The highest BCUT2D eigenvalue weighted by Gasteiger charge is 2.19. The molecule has 1 atom stereocenters. The van der Waals surface area contributed by atoms with E-state index in [1.54, 1.807) is 0 Å². The smallest absolute Gasteiger partial charge is 0.327 e. The number of methoxy groups -OCH3 is 1. The number of ether oxygens (including phenoxy) is 1. The van der Waals surface area contributed by atoms with E-state index in [0.29, 0.717) is 0 Å². The van der Waals surface area contributed by atoms with Gasteiger partial charge in [0.05, 0.1) is 7.11 Å². The van der Waals surface area contributed by atoms with Crippen LogP contribution in [0.15, 0.2) is 43.0 Å². The maximum atomic E-state index is 11.7. The average molecular weight is 233 g/mol. The van der Waals surface area contributed by atoms with E-state index in [1.807, 2.05) is 36.4 Å². The standard InChI is InChI=1S/C14H19NO2/c1-3-4-8-11-15-13(14(16)17-2)12-9-6-5-7-10-12/h3,5-7,9-10,13,15H,1,4,8,11H2,2H3/t13-/m0/s1. The van der Waals surface area contributed by atoms with E-state index in [0.717, 1.165) is 24.9 Å². The van der Waals surface area contributed by atoms with Crippen molar-refractivity contribution >= 4 is 5.97 Å². The van der Waals surface area contributed by atoms with Crippen molar-refractivity contribution in [1.82, 2.24) is 5.32 Å². The summed E-state index contributed by atoms with van der Waals surface area (Å²) in [5.41, 5.74) is 0.929. The van der Waals surface area contributed by atoms with Gasteiger partial charge in [-0.2, -0.15) is 0 Å². The lowest BCUT2D eigenvalue weighted by Gasteiger charge is -2.16. The predicted octanol–water partition coefficient (Wildman–Crippen LogP) is 2.46. The molecule has 0 bridgehead atoms. The first-order valence-corrected chi connectivity index (χ1v) is 5.76. The van der Waals surface area contributed by atoms with Crippen LogP contribution in [0.1, 0.15) is 24.4 Å². The van der Waals surface area contributed by atoms with Crippen LogP contribution in [0.5, 0.6) is 0 Å². The molecule has 3 heteroatoms. The molecule has 0 amide bonds. The van der Waals surface area contributed by atoms with Crippen LogP contribution in [0.2, 0.25) is 0 Å². The van der Waals surface area contributed by atoms with Crippen molar-refractivity contribution in [2.45, 2.75) is 18.9 Å². The number of esters is 1. The third-order valence-corrected chi connectivity index (χ3v) is 2.50. The summed E-state index contributed by atoms with van der Waals surface area (Å²) in [6.07, 6.45) is 3.77. The predicted molar refractivity (Wildman–Crippen MR) is 68.6 cm³/mol. The van der Waals surface area contributed by atoms with Gasteiger partial charge in [0, 0.05) is 0 Å². The van der Waals surface area contributed by atoms with Crippen molar-refractivity contribution in [3.8, 4) is 0 Å². The Hall–Kier alpha value is -1.61. The van der Waals surface area contributed by atoms with Crippen LogP contribution < -0.4 is 5.32 Å². The molecule has 0 radical (unpaired) electrons. The summed E-state index contributed by atoms with van der Waals surface area (Å²) in [6, 6.07) is 9.21. The molecule has 0 saturated carbocycles. The molecule has 17 heavy (non-hydrogen) atoms. The Balaban J connectivity index is 2.61. The number of rotatable bonds is 7. The largest absolute Gasteiger partial charge is 0.468 e. The highest BCUT2D eigenvalue weighted by Crippen LogP contribution is 2.13. The topological polar surface area (TPSA) is 38.3 Å². The van der Waals surface area contributed by atoms with Crippen LogP contribution in [0.4, 0.5) is 0 Å². The Morgan fingerprint density at radius 3 is 2.76 bits per heavy atom. The third kappa shape index (κ3) is 4.41. The van der Waals surface area contributed by atoms with Gasteiger partial charge < -0.3 is 10.1 Å². The Morgan fingerprint density at radius 2 is 2.18 bits per heavy atom. The molecule has 0 unspecified atom stereocenters. The molecule has 0 aliphatic heterocycles. The lowest BCUT2D eigenvalue weighted by atomic mass is 10.1. The fraction of sp³-hybridized carbons (Fsp3) is 0.357. The molecule has 0 heterocycles. The minimum absolute atomic E-state index is 0.255. The average Bonchev–Trinajstić information content (AvgIpc) is 2.39. The summed E-state index contributed by atoms with van der Waals surface area (Å²) in [5, 5.41) is 3.20. The Morgan fingerprint density at radius 1 is 1.47 bits per heavy atom. The molecule has 0 aromatic heterocycles. The van der Waals surface area contributed by atoms with Crippen molar-refractivity contribution in [1.29, 1.82) is 0 Å². The van der Waals surface area contributed by atoms with Gasteiger partial charge in [-0.25, -0.2) is 4.79 Å². The number of hydrogen-bond acceptors (Lipinski definition) is 3. The minimum Gasteiger partial charge on any atom is -0.468 e. The van der Waals surface area contributed by atoms with Gasteiger partial charge in [-0.15, -0.1) is 6.58 Å². The van der Waals surface area contributed by atoms with Crippen LogP contribution in [0.25, 0.3) is 0 Å². The zero-order valence-electron chi connectivity index (χ0n) is 10.2. The number of allylic oxidation sites excluding steroid dienone is 1. The molecular formula is C14H19NO2. The number of carbonyl (C=O) groups excluding carboxylic acids is 1. The molecule has 3 nitrogen and oxygen atoms in total. The minimum atomic E-state index is -0.383. The zero-order chi connectivity index (χ0) is 12.5. The maximum Gasteiger partial charge on any atom is 0.327 e. The molecular weight excluding hydrogens is 214 g/mol. The molecule has 0 aliphatic rings. The lowest BCUT2D eigenvalue weighted by molar-refractivity contribution is -0.143. The summed E-state index contributed by atoms with van der Waals surface area (Å²) >= 11 is 0. The molecule has 1 aromatic rings. The first-order chi connectivity index (χ1) is 8.29. The summed E-state index contributed by atoms with van der Waals surface area (Å²) in [7, 11) is 1.41. The second kappa shape index (κ2) is 7.63. The summed E-state index contributed by atoms with van der Waals surface area (Å²) in [4.78, 5) is 11.7. The van der Waals surface area contributed by atoms with Gasteiger partial charge in [0.1, 0.15) is 6.04 Å². The van der Waals surface area contributed by atoms with Gasteiger partial charge >= 0.3 is 5.97 Å². The van der Waals surface area contributed by atoms with E-state index in [1.165, 1.54) is 7.11 Å². The van der Waals surface area contributed by atoms with Gasteiger partial charge in [-0.05, 0) is 24.9 Å². The molecule has 1 N–H and O–H groups in total. The molecule has 0 saturated heterocycles. The molecule has 0 spiro atoms. The SMILES string of the molecule is C=CCCCN[C@H](C(=O)OC)c1ccccc1. The van der Waals surface area contributed by atoms with Crippen molar-refractivity contribution < 1.29 is 9.53 Å². The van der Waals surface area contributed by atoms with Crippen molar-refractivity contribution in [3.05, 3.63) is 48.6 Å². The van der Waals surface area contributed by atoms with Gasteiger partial charge in [0.2, 0.25) is 0 Å².